The highest BCUT2D eigenvalue weighted by molar-refractivity contribution is 7.92. The van der Waals surface area contributed by atoms with Crippen molar-refractivity contribution in [2.24, 2.45) is 7.05 Å². The van der Waals surface area contributed by atoms with Gasteiger partial charge in [-0.15, -0.1) is 0 Å². The van der Waals surface area contributed by atoms with Gasteiger partial charge in [-0.1, -0.05) is 13.8 Å². The zero-order chi connectivity index (χ0) is 13.5. The molecule has 18 heavy (non-hydrogen) atoms. The minimum Gasteiger partial charge on any atom is -0.331 e. The Morgan fingerprint density at radius 3 is 2.56 bits per heavy atom. The fourth-order valence-electron chi connectivity index (χ4n) is 2.01. The molecule has 1 N–H and O–H groups in total. The molecule has 0 spiro atoms. The van der Waals surface area contributed by atoms with E-state index in [9.17, 15) is 8.42 Å². The molecule has 98 valence electrons. The van der Waals surface area contributed by atoms with Gasteiger partial charge in [0.25, 0.3) is 0 Å². The average Bonchev–Trinajstić information content (AvgIpc) is 2.53. The summed E-state index contributed by atoms with van der Waals surface area (Å²) in [5.41, 5.74) is 2.34. The normalized spacial score (nSPS) is 12.3. The van der Waals surface area contributed by atoms with Crippen LogP contribution in [0, 0.1) is 0 Å². The first-order valence-electron chi connectivity index (χ1n) is 5.72. The minimum absolute atomic E-state index is 0.328. The van der Waals surface area contributed by atoms with Crippen molar-refractivity contribution in [2.45, 2.75) is 19.8 Å². The Morgan fingerprint density at radius 1 is 1.33 bits per heavy atom. The van der Waals surface area contributed by atoms with Crippen molar-refractivity contribution < 1.29 is 8.42 Å². The van der Waals surface area contributed by atoms with Crippen LogP contribution in [0.1, 0.15) is 25.6 Å². The van der Waals surface area contributed by atoms with Crippen molar-refractivity contribution >= 4 is 26.7 Å². The summed E-state index contributed by atoms with van der Waals surface area (Å²) in [4.78, 5) is 4.53. The van der Waals surface area contributed by atoms with Gasteiger partial charge in [-0.2, -0.15) is 0 Å². The number of sulfonamides is 1. The van der Waals surface area contributed by atoms with Gasteiger partial charge in [-0.3, -0.25) is 4.72 Å². The van der Waals surface area contributed by atoms with E-state index in [0.717, 1.165) is 23.1 Å². The van der Waals surface area contributed by atoms with E-state index in [1.807, 2.05) is 17.7 Å². The maximum atomic E-state index is 11.2. The second-order valence-corrected chi connectivity index (χ2v) is 6.51. The van der Waals surface area contributed by atoms with Crippen LogP contribution < -0.4 is 4.72 Å². The first kappa shape index (κ1) is 12.9. The van der Waals surface area contributed by atoms with Crippen LogP contribution in [0.2, 0.25) is 0 Å². The number of aryl methyl sites for hydroxylation is 1. The lowest BCUT2D eigenvalue weighted by atomic mass is 10.2. The number of nitrogens with one attached hydrogen (secondary N) is 1. The number of hydrogen-bond acceptors (Lipinski definition) is 3. The molecule has 0 aliphatic heterocycles. The van der Waals surface area contributed by atoms with Crippen LogP contribution in [0.15, 0.2) is 18.2 Å². The molecule has 0 aliphatic rings. The fraction of sp³-hybridized carbons (Fsp3) is 0.417. The van der Waals surface area contributed by atoms with Crippen molar-refractivity contribution in [2.75, 3.05) is 11.0 Å². The highest BCUT2D eigenvalue weighted by atomic mass is 32.2. The van der Waals surface area contributed by atoms with Crippen LogP contribution in [-0.2, 0) is 17.1 Å². The molecule has 1 heterocycles. The Labute approximate surface area is 107 Å². The Morgan fingerprint density at radius 2 is 2.00 bits per heavy atom. The molecule has 1 aromatic heterocycles. The van der Waals surface area contributed by atoms with Gasteiger partial charge in [-0.05, 0) is 18.2 Å². The Balaban J connectivity index is 2.53. The molecular formula is C12H17N3O2S. The topological polar surface area (TPSA) is 64.0 Å². The molecule has 0 aliphatic carbocycles. The Bertz CT molecular complexity index is 687. The van der Waals surface area contributed by atoms with Gasteiger partial charge in [-0.25, -0.2) is 13.4 Å². The van der Waals surface area contributed by atoms with Crippen LogP contribution in [0.25, 0.3) is 11.0 Å². The van der Waals surface area contributed by atoms with E-state index in [0.29, 0.717) is 11.6 Å². The summed E-state index contributed by atoms with van der Waals surface area (Å²) in [6, 6.07) is 5.37. The summed E-state index contributed by atoms with van der Waals surface area (Å²) in [5, 5.41) is 0. The van der Waals surface area contributed by atoms with Crippen molar-refractivity contribution in [3.05, 3.63) is 24.0 Å². The van der Waals surface area contributed by atoms with Gasteiger partial charge in [0, 0.05) is 13.0 Å². The summed E-state index contributed by atoms with van der Waals surface area (Å²) >= 11 is 0. The standard InChI is InChI=1S/C12H17N3O2S/c1-8(2)12-13-10-7-9(14-18(4,16)17)5-6-11(10)15(12)3/h5-8,14H,1-4H3. The molecule has 0 atom stereocenters. The molecule has 0 saturated heterocycles. The maximum absolute atomic E-state index is 11.2. The highest BCUT2D eigenvalue weighted by Crippen LogP contribution is 2.23. The van der Waals surface area contributed by atoms with E-state index in [-0.39, 0.29) is 0 Å². The number of benzene rings is 1. The lowest BCUT2D eigenvalue weighted by Crippen LogP contribution is -2.09. The van der Waals surface area contributed by atoms with Crippen molar-refractivity contribution in [1.82, 2.24) is 9.55 Å². The number of anilines is 1. The lowest BCUT2D eigenvalue weighted by Gasteiger charge is -2.05. The van der Waals surface area contributed by atoms with Crippen molar-refractivity contribution in [1.29, 1.82) is 0 Å². The maximum Gasteiger partial charge on any atom is 0.229 e. The van der Waals surface area contributed by atoms with E-state index in [4.69, 9.17) is 0 Å². The van der Waals surface area contributed by atoms with Gasteiger partial charge in [0.05, 0.1) is 23.0 Å². The number of rotatable bonds is 3. The molecule has 2 rings (SSSR count). The van der Waals surface area contributed by atoms with E-state index in [1.165, 1.54) is 0 Å². The molecule has 0 amide bonds. The van der Waals surface area contributed by atoms with Crippen LogP contribution >= 0.6 is 0 Å². The summed E-state index contributed by atoms with van der Waals surface area (Å²) < 4.78 is 26.8. The molecule has 2 aromatic rings. The molecule has 0 fully saturated rings. The second-order valence-electron chi connectivity index (χ2n) is 4.76. The largest absolute Gasteiger partial charge is 0.331 e. The highest BCUT2D eigenvalue weighted by Gasteiger charge is 2.11. The van der Waals surface area contributed by atoms with E-state index >= 15 is 0 Å². The molecule has 6 heteroatoms. The van der Waals surface area contributed by atoms with E-state index in [2.05, 4.69) is 23.6 Å². The molecule has 5 nitrogen and oxygen atoms in total. The summed E-state index contributed by atoms with van der Waals surface area (Å²) in [6.07, 6.45) is 1.13. The van der Waals surface area contributed by atoms with Gasteiger partial charge in [0.15, 0.2) is 0 Å². The molecule has 0 unspecified atom stereocenters. The van der Waals surface area contributed by atoms with Crippen molar-refractivity contribution in [3.8, 4) is 0 Å². The zero-order valence-electron chi connectivity index (χ0n) is 10.9. The Hall–Kier alpha value is -1.56. The molecule has 0 saturated carbocycles. The zero-order valence-corrected chi connectivity index (χ0v) is 11.7. The third-order valence-corrected chi connectivity index (χ3v) is 3.34. The summed E-state index contributed by atoms with van der Waals surface area (Å²) in [6.45, 7) is 4.16. The van der Waals surface area contributed by atoms with Gasteiger partial charge in [0.2, 0.25) is 10.0 Å². The summed E-state index contributed by atoms with van der Waals surface area (Å²) in [7, 11) is -1.28. The number of aromatic nitrogens is 2. The third-order valence-electron chi connectivity index (χ3n) is 2.74. The SMILES string of the molecule is CC(C)c1nc2cc(NS(C)(=O)=O)ccc2n1C. The minimum atomic E-state index is -3.25. The average molecular weight is 267 g/mol. The Kier molecular flexibility index (Phi) is 3.06. The molecule has 1 aromatic carbocycles. The van der Waals surface area contributed by atoms with Gasteiger partial charge >= 0.3 is 0 Å². The second kappa shape index (κ2) is 4.28. The van der Waals surface area contributed by atoms with Gasteiger partial charge in [0.1, 0.15) is 5.82 Å². The number of nitrogens with zero attached hydrogens (tertiary/aromatic N) is 2. The summed E-state index contributed by atoms with van der Waals surface area (Å²) in [5.74, 6) is 1.32. The number of hydrogen-bond donors (Lipinski definition) is 1. The first-order valence-corrected chi connectivity index (χ1v) is 7.61. The van der Waals surface area contributed by atoms with E-state index < -0.39 is 10.0 Å². The molecule has 0 bridgehead atoms. The van der Waals surface area contributed by atoms with Crippen LogP contribution in [-0.4, -0.2) is 24.2 Å². The lowest BCUT2D eigenvalue weighted by molar-refractivity contribution is 0.607. The quantitative estimate of drug-likeness (QED) is 0.926. The van der Waals surface area contributed by atoms with Crippen LogP contribution in [0.3, 0.4) is 0 Å². The third kappa shape index (κ3) is 2.48. The van der Waals surface area contributed by atoms with Crippen LogP contribution in [0.5, 0.6) is 0 Å². The molecule has 0 radical (unpaired) electrons. The predicted octanol–water partition coefficient (Wildman–Crippen LogP) is 2.07. The molecular weight excluding hydrogens is 250 g/mol. The first-order chi connectivity index (χ1) is 8.28. The van der Waals surface area contributed by atoms with E-state index in [1.54, 1.807) is 12.1 Å². The fourth-order valence-corrected chi connectivity index (χ4v) is 2.57. The van der Waals surface area contributed by atoms with Gasteiger partial charge < -0.3 is 4.57 Å². The predicted molar refractivity (Wildman–Crippen MR) is 73.3 cm³/mol. The number of fused-ring (bicyclic) bond motifs is 1. The van der Waals surface area contributed by atoms with Crippen LogP contribution in [0.4, 0.5) is 5.69 Å². The monoisotopic (exact) mass is 267 g/mol. The number of imidazole rings is 1. The van der Waals surface area contributed by atoms with Crippen molar-refractivity contribution in [3.63, 3.8) is 0 Å². The smallest absolute Gasteiger partial charge is 0.229 e.